The Bertz CT molecular complexity index is 566. The zero-order valence-corrected chi connectivity index (χ0v) is 8.77. The summed E-state index contributed by atoms with van der Waals surface area (Å²) >= 11 is 0. The van der Waals surface area contributed by atoms with Crippen molar-refractivity contribution < 1.29 is 27.9 Å². The Morgan fingerprint density at radius 1 is 1.22 bits per heavy atom. The highest BCUT2D eigenvalue weighted by molar-refractivity contribution is 5.64. The van der Waals surface area contributed by atoms with E-state index in [-0.39, 0.29) is 23.0 Å². The molecule has 96 valence electrons. The molecule has 2 N–H and O–H groups in total. The molecule has 1 heterocycles. The van der Waals surface area contributed by atoms with Crippen molar-refractivity contribution in [2.24, 2.45) is 0 Å². The molecule has 0 saturated carbocycles. The van der Waals surface area contributed by atoms with Crippen molar-refractivity contribution in [3.63, 3.8) is 0 Å². The molecular weight excluding hydrogens is 253 g/mol. The lowest BCUT2D eigenvalue weighted by molar-refractivity contribution is -0.128. The van der Waals surface area contributed by atoms with Gasteiger partial charge in [0.15, 0.2) is 5.82 Å². The SMILES string of the molecule is Oc1ccc(O)c(-c2nc(CC(F)(F)F)no2)c1. The summed E-state index contributed by atoms with van der Waals surface area (Å²) in [6, 6.07) is 3.49. The van der Waals surface area contributed by atoms with Crippen LogP contribution in [0.4, 0.5) is 13.2 Å². The summed E-state index contributed by atoms with van der Waals surface area (Å²) in [5.74, 6) is -1.30. The average molecular weight is 260 g/mol. The van der Waals surface area contributed by atoms with Crippen molar-refractivity contribution in [3.8, 4) is 23.0 Å². The molecule has 0 fully saturated rings. The van der Waals surface area contributed by atoms with Crippen LogP contribution in [-0.2, 0) is 6.42 Å². The van der Waals surface area contributed by atoms with Gasteiger partial charge in [-0.25, -0.2) is 0 Å². The van der Waals surface area contributed by atoms with Crippen molar-refractivity contribution in [1.29, 1.82) is 0 Å². The van der Waals surface area contributed by atoms with Crippen LogP contribution < -0.4 is 0 Å². The monoisotopic (exact) mass is 260 g/mol. The van der Waals surface area contributed by atoms with E-state index in [1.54, 1.807) is 0 Å². The highest BCUT2D eigenvalue weighted by atomic mass is 19.4. The lowest BCUT2D eigenvalue weighted by Crippen LogP contribution is -2.12. The Labute approximate surface area is 98.5 Å². The van der Waals surface area contributed by atoms with E-state index >= 15 is 0 Å². The molecule has 1 aromatic carbocycles. The second-order valence-corrected chi connectivity index (χ2v) is 3.51. The quantitative estimate of drug-likeness (QED) is 0.809. The Kier molecular flexibility index (Phi) is 2.85. The highest BCUT2D eigenvalue weighted by Gasteiger charge is 2.30. The standard InChI is InChI=1S/C10H7F3N2O3/c11-10(12,13)4-8-14-9(18-15-8)6-3-5(16)1-2-7(6)17/h1-3,16-17H,4H2. The summed E-state index contributed by atoms with van der Waals surface area (Å²) in [6.45, 7) is 0. The van der Waals surface area contributed by atoms with E-state index in [2.05, 4.69) is 14.7 Å². The Hall–Kier alpha value is -2.25. The predicted octanol–water partition coefficient (Wildman–Crippen LogP) is 2.25. The van der Waals surface area contributed by atoms with E-state index in [4.69, 9.17) is 0 Å². The summed E-state index contributed by atoms with van der Waals surface area (Å²) in [6.07, 6.45) is -5.77. The van der Waals surface area contributed by atoms with Crippen LogP contribution in [0.2, 0.25) is 0 Å². The molecule has 0 amide bonds. The Morgan fingerprint density at radius 3 is 2.61 bits per heavy atom. The number of hydrogen-bond acceptors (Lipinski definition) is 5. The minimum absolute atomic E-state index is 0.0316. The van der Waals surface area contributed by atoms with Crippen LogP contribution in [0.3, 0.4) is 0 Å². The van der Waals surface area contributed by atoms with E-state index in [0.29, 0.717) is 0 Å². The van der Waals surface area contributed by atoms with Gasteiger partial charge in [0, 0.05) is 0 Å². The molecule has 0 unspecified atom stereocenters. The van der Waals surface area contributed by atoms with Crippen LogP contribution in [0, 0.1) is 0 Å². The van der Waals surface area contributed by atoms with Crippen LogP contribution >= 0.6 is 0 Å². The molecule has 1 aromatic heterocycles. The fourth-order valence-electron chi connectivity index (χ4n) is 1.31. The molecule has 0 saturated heterocycles. The van der Waals surface area contributed by atoms with Gasteiger partial charge in [-0.1, -0.05) is 5.16 Å². The van der Waals surface area contributed by atoms with Crippen LogP contribution in [-0.4, -0.2) is 26.5 Å². The minimum atomic E-state index is -4.44. The third kappa shape index (κ3) is 2.70. The van der Waals surface area contributed by atoms with Gasteiger partial charge in [0.2, 0.25) is 0 Å². The second-order valence-electron chi connectivity index (χ2n) is 3.51. The topological polar surface area (TPSA) is 79.4 Å². The van der Waals surface area contributed by atoms with Gasteiger partial charge in [0.25, 0.3) is 5.89 Å². The first kappa shape index (κ1) is 12.2. The Balaban J connectivity index is 2.32. The fourth-order valence-corrected chi connectivity index (χ4v) is 1.31. The first-order valence-corrected chi connectivity index (χ1v) is 4.77. The number of benzene rings is 1. The molecule has 0 spiro atoms. The van der Waals surface area contributed by atoms with Crippen molar-refractivity contribution >= 4 is 0 Å². The highest BCUT2D eigenvalue weighted by Crippen LogP contribution is 2.31. The van der Waals surface area contributed by atoms with Crippen molar-refractivity contribution in [2.75, 3.05) is 0 Å². The number of alkyl halides is 3. The molecule has 0 aliphatic rings. The van der Waals surface area contributed by atoms with Crippen molar-refractivity contribution in [1.82, 2.24) is 10.1 Å². The number of halogens is 3. The maximum absolute atomic E-state index is 12.1. The molecular formula is C10H7F3N2O3. The lowest BCUT2D eigenvalue weighted by atomic mass is 10.2. The van der Waals surface area contributed by atoms with Gasteiger partial charge in [-0.15, -0.1) is 0 Å². The average Bonchev–Trinajstić information content (AvgIpc) is 2.67. The predicted molar refractivity (Wildman–Crippen MR) is 52.8 cm³/mol. The lowest BCUT2D eigenvalue weighted by Gasteiger charge is -2.00. The molecule has 0 radical (unpaired) electrons. The van der Waals surface area contributed by atoms with Crippen LogP contribution in [0.25, 0.3) is 11.5 Å². The minimum Gasteiger partial charge on any atom is -0.508 e. The first-order chi connectivity index (χ1) is 8.35. The summed E-state index contributed by atoms with van der Waals surface area (Å²) < 4.78 is 40.9. The van der Waals surface area contributed by atoms with E-state index in [1.165, 1.54) is 6.07 Å². The van der Waals surface area contributed by atoms with Crippen molar-refractivity contribution in [3.05, 3.63) is 24.0 Å². The molecule has 0 aliphatic carbocycles. The van der Waals surface area contributed by atoms with E-state index < -0.39 is 18.4 Å². The summed E-state index contributed by atoms with van der Waals surface area (Å²) in [5.41, 5.74) is -0.0316. The molecule has 2 aromatic rings. The zero-order valence-electron chi connectivity index (χ0n) is 8.77. The van der Waals surface area contributed by atoms with Gasteiger partial charge in [0.05, 0.1) is 5.56 Å². The van der Waals surface area contributed by atoms with Gasteiger partial charge >= 0.3 is 6.18 Å². The third-order valence-electron chi connectivity index (χ3n) is 2.04. The zero-order chi connectivity index (χ0) is 13.3. The van der Waals surface area contributed by atoms with Gasteiger partial charge in [0.1, 0.15) is 17.9 Å². The molecule has 0 aliphatic heterocycles. The molecule has 8 heteroatoms. The second kappa shape index (κ2) is 4.21. The summed E-state index contributed by atoms with van der Waals surface area (Å²) in [7, 11) is 0. The number of aromatic nitrogens is 2. The summed E-state index contributed by atoms with van der Waals surface area (Å²) in [4.78, 5) is 3.50. The summed E-state index contributed by atoms with van der Waals surface area (Å²) in [5, 5.41) is 21.8. The van der Waals surface area contributed by atoms with Gasteiger partial charge < -0.3 is 14.7 Å². The normalized spacial score (nSPS) is 11.7. The number of phenolic OH excluding ortho intramolecular Hbond substituents is 2. The molecule has 5 nitrogen and oxygen atoms in total. The number of phenols is 2. The Morgan fingerprint density at radius 2 is 1.94 bits per heavy atom. The van der Waals surface area contributed by atoms with Gasteiger partial charge in [-0.2, -0.15) is 18.2 Å². The van der Waals surface area contributed by atoms with Crippen molar-refractivity contribution in [2.45, 2.75) is 12.6 Å². The van der Waals surface area contributed by atoms with Gasteiger partial charge in [-0.05, 0) is 18.2 Å². The number of rotatable bonds is 2. The maximum Gasteiger partial charge on any atom is 0.396 e. The van der Waals surface area contributed by atoms with E-state index in [1.807, 2.05) is 0 Å². The van der Waals surface area contributed by atoms with Crippen LogP contribution in [0.5, 0.6) is 11.5 Å². The third-order valence-corrected chi connectivity index (χ3v) is 2.04. The number of aromatic hydroxyl groups is 2. The maximum atomic E-state index is 12.1. The van der Waals surface area contributed by atoms with E-state index in [0.717, 1.165) is 12.1 Å². The largest absolute Gasteiger partial charge is 0.508 e. The smallest absolute Gasteiger partial charge is 0.396 e. The fraction of sp³-hybridized carbons (Fsp3) is 0.200. The number of nitrogens with zero attached hydrogens (tertiary/aromatic N) is 2. The van der Waals surface area contributed by atoms with Crippen LogP contribution in [0.1, 0.15) is 5.82 Å². The molecule has 18 heavy (non-hydrogen) atoms. The first-order valence-electron chi connectivity index (χ1n) is 4.77. The van der Waals surface area contributed by atoms with E-state index in [9.17, 15) is 23.4 Å². The van der Waals surface area contributed by atoms with Gasteiger partial charge in [-0.3, -0.25) is 0 Å². The van der Waals surface area contributed by atoms with Crippen LogP contribution in [0.15, 0.2) is 22.7 Å². The number of hydrogen-bond donors (Lipinski definition) is 2. The molecule has 0 bridgehead atoms. The molecule has 0 atom stereocenters. The molecule has 2 rings (SSSR count).